The van der Waals surface area contributed by atoms with Gasteiger partial charge in [0.1, 0.15) is 6.17 Å². The van der Waals surface area contributed by atoms with Crippen LogP contribution in [0.5, 0.6) is 0 Å². The minimum atomic E-state index is -0.987. The largest absolute Gasteiger partial charge is 0.323 e. The number of para-hydroxylation sites is 1. The summed E-state index contributed by atoms with van der Waals surface area (Å²) in [5.74, 6) is -0.406. The topological polar surface area (TPSA) is 63.1 Å². The summed E-state index contributed by atoms with van der Waals surface area (Å²) in [6.45, 7) is 1.66. The van der Waals surface area contributed by atoms with E-state index < -0.39 is 12.2 Å². The average molecular weight is 289 g/mol. The van der Waals surface area contributed by atoms with E-state index in [1.54, 1.807) is 6.20 Å². The zero-order chi connectivity index (χ0) is 15.0. The number of alkyl halides is 1. The van der Waals surface area contributed by atoms with Crippen LogP contribution in [-0.4, -0.2) is 35.1 Å². The maximum absolute atomic E-state index is 13.1. The molecule has 6 heteroatoms. The molecule has 1 aromatic carbocycles. The molecule has 1 aliphatic rings. The molecule has 21 heavy (non-hydrogen) atoms. The molecule has 0 radical (unpaired) electrons. The summed E-state index contributed by atoms with van der Waals surface area (Å²) in [5, 5.41) is 6.41. The summed E-state index contributed by atoms with van der Waals surface area (Å²) < 4.78 is 14.6. The molecule has 0 saturated carbocycles. The molecule has 1 amide bonds. The van der Waals surface area contributed by atoms with Crippen LogP contribution >= 0.6 is 0 Å². The standard InChI is InChI=1S/C15H16FN3O2/c1-9(20)19-8-13(11-4-2-3-5-14(11)19)18-15(21)12-6-10(16)7-17-12/h2-5,8,10,12,17H,6-7H2,1H3,(H,18,21). The van der Waals surface area contributed by atoms with Gasteiger partial charge in [0.15, 0.2) is 0 Å². The summed E-state index contributed by atoms with van der Waals surface area (Å²) in [6.07, 6.45) is 0.795. The van der Waals surface area contributed by atoms with Crippen molar-refractivity contribution in [3.8, 4) is 0 Å². The molecule has 1 aromatic heterocycles. The van der Waals surface area contributed by atoms with E-state index in [1.807, 2.05) is 24.3 Å². The molecule has 2 N–H and O–H groups in total. The van der Waals surface area contributed by atoms with Crippen molar-refractivity contribution in [1.82, 2.24) is 9.88 Å². The predicted molar refractivity (Wildman–Crippen MR) is 78.2 cm³/mol. The first-order valence-electron chi connectivity index (χ1n) is 6.85. The minimum absolute atomic E-state index is 0.130. The second kappa shape index (κ2) is 5.29. The molecule has 2 heterocycles. The number of rotatable bonds is 2. The lowest BCUT2D eigenvalue weighted by Crippen LogP contribution is -2.35. The summed E-state index contributed by atoms with van der Waals surface area (Å²) in [7, 11) is 0. The molecule has 5 nitrogen and oxygen atoms in total. The molecule has 3 rings (SSSR count). The van der Waals surface area contributed by atoms with E-state index in [4.69, 9.17) is 0 Å². The highest BCUT2D eigenvalue weighted by Crippen LogP contribution is 2.26. The van der Waals surface area contributed by atoms with Gasteiger partial charge in [0, 0.05) is 31.5 Å². The molecule has 2 aromatic rings. The SMILES string of the molecule is CC(=O)n1cc(NC(=O)C2CC(F)CN2)c2ccccc21. The Balaban J connectivity index is 1.90. The van der Waals surface area contributed by atoms with E-state index in [9.17, 15) is 14.0 Å². The maximum Gasteiger partial charge on any atom is 0.241 e. The number of carbonyl (C=O) groups excluding carboxylic acids is 2. The zero-order valence-corrected chi connectivity index (χ0v) is 11.6. The number of fused-ring (bicyclic) bond motifs is 1. The lowest BCUT2D eigenvalue weighted by atomic mass is 10.2. The first-order chi connectivity index (χ1) is 10.1. The van der Waals surface area contributed by atoms with E-state index in [-0.39, 0.29) is 24.8 Å². The number of amides is 1. The van der Waals surface area contributed by atoms with Gasteiger partial charge in [0.05, 0.1) is 17.2 Å². The van der Waals surface area contributed by atoms with Crippen LogP contribution in [0.2, 0.25) is 0 Å². The van der Waals surface area contributed by atoms with Crippen LogP contribution in [0.25, 0.3) is 10.9 Å². The fourth-order valence-corrected chi connectivity index (χ4v) is 2.65. The third-order valence-corrected chi connectivity index (χ3v) is 3.70. The first kappa shape index (κ1) is 13.8. The second-order valence-corrected chi connectivity index (χ2v) is 5.23. The van der Waals surface area contributed by atoms with Crippen LogP contribution in [0.3, 0.4) is 0 Å². The molecule has 0 bridgehead atoms. The Labute approximate surface area is 121 Å². The quantitative estimate of drug-likeness (QED) is 0.888. The Morgan fingerprint density at radius 2 is 2.14 bits per heavy atom. The number of halogens is 1. The summed E-state index contributed by atoms with van der Waals surface area (Å²) in [6, 6.07) is 6.80. The highest BCUT2D eigenvalue weighted by Gasteiger charge is 2.29. The number of nitrogens with one attached hydrogen (secondary N) is 2. The van der Waals surface area contributed by atoms with Gasteiger partial charge in [-0.25, -0.2) is 4.39 Å². The van der Waals surface area contributed by atoms with E-state index in [0.29, 0.717) is 5.69 Å². The number of anilines is 1. The number of benzene rings is 1. The lowest BCUT2D eigenvalue weighted by Gasteiger charge is -2.09. The van der Waals surface area contributed by atoms with Crippen molar-refractivity contribution in [2.24, 2.45) is 0 Å². The van der Waals surface area contributed by atoms with Crippen molar-refractivity contribution in [3.63, 3.8) is 0 Å². The van der Waals surface area contributed by atoms with Crippen molar-refractivity contribution in [2.45, 2.75) is 25.6 Å². The molecule has 2 atom stereocenters. The number of aromatic nitrogens is 1. The summed E-state index contributed by atoms with van der Waals surface area (Å²) >= 11 is 0. The Bertz CT molecular complexity index is 710. The zero-order valence-electron chi connectivity index (χ0n) is 11.6. The van der Waals surface area contributed by atoms with Gasteiger partial charge >= 0.3 is 0 Å². The highest BCUT2D eigenvalue weighted by molar-refractivity contribution is 6.06. The molecular weight excluding hydrogens is 273 g/mol. The van der Waals surface area contributed by atoms with Crippen LogP contribution < -0.4 is 10.6 Å². The third-order valence-electron chi connectivity index (χ3n) is 3.70. The molecule has 0 aliphatic carbocycles. The fraction of sp³-hybridized carbons (Fsp3) is 0.333. The van der Waals surface area contributed by atoms with Crippen molar-refractivity contribution in [1.29, 1.82) is 0 Å². The Hall–Kier alpha value is -2.21. The van der Waals surface area contributed by atoms with Crippen molar-refractivity contribution in [2.75, 3.05) is 11.9 Å². The Morgan fingerprint density at radius 1 is 1.38 bits per heavy atom. The van der Waals surface area contributed by atoms with Crippen LogP contribution in [0.4, 0.5) is 10.1 Å². The van der Waals surface area contributed by atoms with Gasteiger partial charge in [-0.1, -0.05) is 18.2 Å². The number of carbonyl (C=O) groups is 2. The minimum Gasteiger partial charge on any atom is -0.323 e. The molecule has 1 saturated heterocycles. The normalized spacial score (nSPS) is 21.6. The maximum atomic E-state index is 13.1. The molecule has 1 aliphatic heterocycles. The fourth-order valence-electron chi connectivity index (χ4n) is 2.65. The van der Waals surface area contributed by atoms with Gasteiger partial charge in [-0.15, -0.1) is 0 Å². The van der Waals surface area contributed by atoms with Gasteiger partial charge in [0.25, 0.3) is 0 Å². The van der Waals surface area contributed by atoms with Crippen LogP contribution in [-0.2, 0) is 4.79 Å². The van der Waals surface area contributed by atoms with Gasteiger partial charge in [0.2, 0.25) is 11.8 Å². The van der Waals surface area contributed by atoms with Crippen molar-refractivity contribution in [3.05, 3.63) is 30.5 Å². The second-order valence-electron chi connectivity index (χ2n) is 5.23. The summed E-state index contributed by atoms with van der Waals surface area (Å²) in [5.41, 5.74) is 1.30. The van der Waals surface area contributed by atoms with Crippen LogP contribution in [0.15, 0.2) is 30.5 Å². The van der Waals surface area contributed by atoms with E-state index in [1.165, 1.54) is 11.5 Å². The van der Waals surface area contributed by atoms with Gasteiger partial charge in [-0.05, 0) is 6.07 Å². The monoisotopic (exact) mass is 289 g/mol. The summed E-state index contributed by atoms with van der Waals surface area (Å²) in [4.78, 5) is 23.8. The number of hydrogen-bond donors (Lipinski definition) is 2. The van der Waals surface area contributed by atoms with E-state index >= 15 is 0 Å². The molecule has 110 valence electrons. The van der Waals surface area contributed by atoms with Gasteiger partial charge < -0.3 is 10.6 Å². The van der Waals surface area contributed by atoms with E-state index in [0.717, 1.165) is 10.9 Å². The molecule has 1 fully saturated rings. The number of nitrogens with zero attached hydrogens (tertiary/aromatic N) is 1. The predicted octanol–water partition coefficient (Wildman–Crippen LogP) is 1.94. The highest BCUT2D eigenvalue weighted by atomic mass is 19.1. The van der Waals surface area contributed by atoms with Gasteiger partial charge in [-0.3, -0.25) is 14.2 Å². The Morgan fingerprint density at radius 3 is 2.81 bits per heavy atom. The Kier molecular flexibility index (Phi) is 3.47. The lowest BCUT2D eigenvalue weighted by molar-refractivity contribution is -0.117. The van der Waals surface area contributed by atoms with Crippen LogP contribution in [0.1, 0.15) is 18.1 Å². The van der Waals surface area contributed by atoms with Crippen molar-refractivity contribution >= 4 is 28.4 Å². The molecule has 0 spiro atoms. The molecular formula is C15H16FN3O2. The first-order valence-corrected chi connectivity index (χ1v) is 6.85. The van der Waals surface area contributed by atoms with Crippen molar-refractivity contribution < 1.29 is 14.0 Å². The average Bonchev–Trinajstić information content (AvgIpc) is 3.04. The van der Waals surface area contributed by atoms with E-state index in [2.05, 4.69) is 10.6 Å². The third kappa shape index (κ3) is 2.54. The van der Waals surface area contributed by atoms with Crippen LogP contribution in [0, 0.1) is 0 Å². The number of hydrogen-bond acceptors (Lipinski definition) is 3. The molecule has 2 unspecified atom stereocenters. The smallest absolute Gasteiger partial charge is 0.241 e. The van der Waals surface area contributed by atoms with Gasteiger partial charge in [-0.2, -0.15) is 0 Å².